The van der Waals surface area contributed by atoms with Crippen molar-refractivity contribution in [3.63, 3.8) is 0 Å². The van der Waals surface area contributed by atoms with Crippen molar-refractivity contribution < 1.29 is 19.7 Å². The number of piperidine rings is 1. The van der Waals surface area contributed by atoms with Gasteiger partial charge in [0.2, 0.25) is 5.91 Å². The molecule has 2 aliphatic heterocycles. The summed E-state index contributed by atoms with van der Waals surface area (Å²) in [5, 5.41) is 22.9. The van der Waals surface area contributed by atoms with Crippen molar-refractivity contribution in [1.29, 1.82) is 0 Å². The summed E-state index contributed by atoms with van der Waals surface area (Å²) in [4.78, 5) is 15.5. The molecule has 1 fully saturated rings. The molecule has 6 nitrogen and oxygen atoms in total. The summed E-state index contributed by atoms with van der Waals surface area (Å²) in [5.74, 6) is 1.20. The Labute approximate surface area is 202 Å². The Morgan fingerprint density at radius 1 is 1.18 bits per heavy atom. The molecule has 0 aromatic heterocycles. The maximum atomic E-state index is 13.1. The number of carbonyl (C=O) groups excluding carboxylic acids is 1. The molecule has 4 atom stereocenters. The second kappa shape index (κ2) is 9.96. The van der Waals surface area contributed by atoms with Gasteiger partial charge >= 0.3 is 0 Å². The lowest BCUT2D eigenvalue weighted by Crippen LogP contribution is -2.54. The minimum atomic E-state index is -0.507. The highest BCUT2D eigenvalue weighted by Gasteiger charge is 2.39. The highest BCUT2D eigenvalue weighted by Crippen LogP contribution is 2.40. The predicted molar refractivity (Wildman–Crippen MR) is 133 cm³/mol. The average molecular weight is 467 g/mol. The predicted octanol–water partition coefficient (Wildman–Crippen LogP) is 3.98. The SMILES string of the molecule is CC(C)[C@@H](CN1CC[C@@](C)(c2cccc(O)c2)[C@@H](C)C1)NC(=O)[C@H]1Cc2ccc(O)cc2CO1. The van der Waals surface area contributed by atoms with E-state index in [9.17, 15) is 15.0 Å². The lowest BCUT2D eigenvalue weighted by Gasteiger charge is -2.46. The summed E-state index contributed by atoms with van der Waals surface area (Å²) in [6, 6.07) is 13.0. The Bertz CT molecular complexity index is 1020. The zero-order chi connectivity index (χ0) is 24.5. The fourth-order valence-electron chi connectivity index (χ4n) is 5.31. The highest BCUT2D eigenvalue weighted by atomic mass is 16.5. The summed E-state index contributed by atoms with van der Waals surface area (Å²) in [5.41, 5.74) is 3.21. The molecule has 2 aromatic carbocycles. The van der Waals surface area contributed by atoms with Gasteiger partial charge in [0.15, 0.2) is 0 Å². The number of benzene rings is 2. The molecule has 0 spiro atoms. The number of phenols is 2. The third-order valence-corrected chi connectivity index (χ3v) is 7.99. The molecule has 2 heterocycles. The zero-order valence-electron chi connectivity index (χ0n) is 20.8. The van der Waals surface area contributed by atoms with Gasteiger partial charge in [-0.3, -0.25) is 4.79 Å². The maximum Gasteiger partial charge on any atom is 0.249 e. The second-order valence-corrected chi connectivity index (χ2v) is 10.7. The van der Waals surface area contributed by atoms with Crippen LogP contribution in [0.1, 0.15) is 50.8 Å². The fraction of sp³-hybridized carbons (Fsp3) is 0.536. The van der Waals surface area contributed by atoms with Crippen LogP contribution < -0.4 is 5.32 Å². The molecule has 0 bridgehead atoms. The Kier molecular flexibility index (Phi) is 7.20. The molecule has 0 radical (unpaired) electrons. The van der Waals surface area contributed by atoms with Gasteiger partial charge in [-0.1, -0.05) is 45.9 Å². The molecule has 2 aromatic rings. The number of hydrogen-bond donors (Lipinski definition) is 3. The molecule has 6 heteroatoms. The third kappa shape index (κ3) is 5.23. The van der Waals surface area contributed by atoms with Crippen LogP contribution in [-0.2, 0) is 28.0 Å². The number of phenolic OH excluding ortho intramolecular Hbond substituents is 2. The van der Waals surface area contributed by atoms with Crippen molar-refractivity contribution >= 4 is 5.91 Å². The van der Waals surface area contributed by atoms with Crippen molar-refractivity contribution in [2.24, 2.45) is 11.8 Å². The number of fused-ring (bicyclic) bond motifs is 1. The Morgan fingerprint density at radius 3 is 2.65 bits per heavy atom. The number of hydrogen-bond acceptors (Lipinski definition) is 5. The minimum absolute atomic E-state index is 0.0174. The molecule has 0 aliphatic carbocycles. The molecular weight excluding hydrogens is 428 g/mol. The quantitative estimate of drug-likeness (QED) is 0.600. The first-order valence-corrected chi connectivity index (χ1v) is 12.4. The number of carbonyl (C=O) groups is 1. The van der Waals surface area contributed by atoms with Crippen LogP contribution in [0.25, 0.3) is 0 Å². The third-order valence-electron chi connectivity index (χ3n) is 7.99. The van der Waals surface area contributed by atoms with Crippen molar-refractivity contribution in [2.75, 3.05) is 19.6 Å². The van der Waals surface area contributed by atoms with Crippen LogP contribution in [0.4, 0.5) is 0 Å². The highest BCUT2D eigenvalue weighted by molar-refractivity contribution is 5.81. The van der Waals surface area contributed by atoms with Gasteiger partial charge in [0.05, 0.1) is 6.61 Å². The zero-order valence-corrected chi connectivity index (χ0v) is 20.8. The van der Waals surface area contributed by atoms with Crippen molar-refractivity contribution in [3.05, 3.63) is 59.2 Å². The normalized spacial score (nSPS) is 26.1. The second-order valence-electron chi connectivity index (χ2n) is 10.7. The Balaban J connectivity index is 1.36. The van der Waals surface area contributed by atoms with E-state index in [0.29, 0.717) is 30.6 Å². The number of aromatic hydroxyl groups is 2. The van der Waals surface area contributed by atoms with Gasteiger partial charge in [-0.15, -0.1) is 0 Å². The summed E-state index contributed by atoms with van der Waals surface area (Å²) in [7, 11) is 0. The van der Waals surface area contributed by atoms with Crippen LogP contribution >= 0.6 is 0 Å². The van der Waals surface area contributed by atoms with Gasteiger partial charge in [0.25, 0.3) is 0 Å². The van der Waals surface area contributed by atoms with Crippen LogP contribution in [-0.4, -0.2) is 52.8 Å². The number of amides is 1. The summed E-state index contributed by atoms with van der Waals surface area (Å²) < 4.78 is 5.84. The Morgan fingerprint density at radius 2 is 1.94 bits per heavy atom. The molecule has 1 saturated heterocycles. The molecule has 0 unspecified atom stereocenters. The van der Waals surface area contributed by atoms with E-state index in [1.165, 1.54) is 5.56 Å². The lowest BCUT2D eigenvalue weighted by atomic mass is 9.68. The minimum Gasteiger partial charge on any atom is -0.508 e. The van der Waals surface area contributed by atoms with Gasteiger partial charge in [0.1, 0.15) is 17.6 Å². The lowest BCUT2D eigenvalue weighted by molar-refractivity contribution is -0.135. The first-order valence-electron chi connectivity index (χ1n) is 12.4. The first-order chi connectivity index (χ1) is 16.2. The summed E-state index contributed by atoms with van der Waals surface area (Å²) >= 11 is 0. The van der Waals surface area contributed by atoms with Crippen LogP contribution in [0.5, 0.6) is 11.5 Å². The van der Waals surface area contributed by atoms with Crippen molar-refractivity contribution in [1.82, 2.24) is 10.2 Å². The molecular formula is C28H38N2O4. The van der Waals surface area contributed by atoms with Crippen LogP contribution in [0, 0.1) is 11.8 Å². The monoisotopic (exact) mass is 466 g/mol. The maximum absolute atomic E-state index is 13.1. The summed E-state index contributed by atoms with van der Waals surface area (Å²) in [6.07, 6.45) is 1.02. The van der Waals surface area contributed by atoms with Crippen LogP contribution in [0.3, 0.4) is 0 Å². The molecule has 34 heavy (non-hydrogen) atoms. The Hall–Kier alpha value is -2.57. The van der Waals surface area contributed by atoms with E-state index in [1.54, 1.807) is 18.2 Å². The van der Waals surface area contributed by atoms with Gasteiger partial charge in [-0.05, 0) is 71.2 Å². The molecule has 3 N–H and O–H groups in total. The topological polar surface area (TPSA) is 82.0 Å². The van der Waals surface area contributed by atoms with Gasteiger partial charge < -0.3 is 25.2 Å². The van der Waals surface area contributed by atoms with Crippen LogP contribution in [0.2, 0.25) is 0 Å². The molecule has 0 saturated carbocycles. The van der Waals surface area contributed by atoms with Crippen molar-refractivity contribution in [2.45, 2.75) is 64.7 Å². The van der Waals surface area contributed by atoms with Gasteiger partial charge in [-0.25, -0.2) is 0 Å². The molecule has 184 valence electrons. The first kappa shape index (κ1) is 24.6. The standard InChI is InChI=1S/C28H38N2O4/c1-18(2)25(29-27(33)26-13-20-8-9-24(32)12-21(20)17-34-26)16-30-11-10-28(4,19(3)15-30)22-6-5-7-23(31)14-22/h5-9,12,14,18-19,25-26,31-32H,10-11,13,15-17H2,1-4H3,(H,29,33)/t19-,25+,26+,28+/m0/s1. The van der Waals surface area contributed by atoms with Gasteiger partial charge in [0, 0.05) is 25.6 Å². The summed E-state index contributed by atoms with van der Waals surface area (Å²) in [6.45, 7) is 11.9. The van der Waals surface area contributed by atoms with Gasteiger partial charge in [-0.2, -0.15) is 0 Å². The van der Waals surface area contributed by atoms with Crippen LogP contribution in [0.15, 0.2) is 42.5 Å². The molecule has 4 rings (SSSR count). The number of nitrogens with zero attached hydrogens (tertiary/aromatic N) is 1. The smallest absolute Gasteiger partial charge is 0.249 e. The van der Waals surface area contributed by atoms with Crippen molar-refractivity contribution in [3.8, 4) is 11.5 Å². The molecule has 1 amide bonds. The molecule has 2 aliphatic rings. The average Bonchev–Trinajstić information content (AvgIpc) is 2.80. The van der Waals surface area contributed by atoms with E-state index < -0.39 is 6.10 Å². The van der Waals surface area contributed by atoms with E-state index in [0.717, 1.165) is 37.2 Å². The fourth-order valence-corrected chi connectivity index (χ4v) is 5.31. The van der Waals surface area contributed by atoms with E-state index in [4.69, 9.17) is 4.74 Å². The number of ether oxygens (including phenoxy) is 1. The largest absolute Gasteiger partial charge is 0.508 e. The van der Waals surface area contributed by atoms with E-state index >= 15 is 0 Å². The van der Waals surface area contributed by atoms with E-state index in [2.05, 4.69) is 44.0 Å². The van der Waals surface area contributed by atoms with E-state index in [1.807, 2.05) is 18.2 Å². The number of rotatable bonds is 6. The number of likely N-dealkylation sites (tertiary alicyclic amines) is 1. The number of nitrogens with one attached hydrogen (secondary N) is 1. The van der Waals surface area contributed by atoms with E-state index in [-0.39, 0.29) is 23.1 Å².